The van der Waals surface area contributed by atoms with Crippen molar-refractivity contribution in [3.63, 3.8) is 0 Å². The molecule has 0 bridgehead atoms. The highest BCUT2D eigenvalue weighted by molar-refractivity contribution is 6.06. The van der Waals surface area contributed by atoms with Gasteiger partial charge in [-0.1, -0.05) is 12.1 Å². The standard InChI is InChI=1S/C20H20N2O4/c1-24-17-12-14(13-18(25-2)19(17)26-3)20(23)21-15-8-4-5-9-16(15)22-10-6-7-11-22/h4-13H,1-3H3,(H,21,23). The molecule has 0 radical (unpaired) electrons. The van der Waals surface area contributed by atoms with Gasteiger partial charge in [0.1, 0.15) is 0 Å². The third-order valence-electron chi connectivity index (χ3n) is 3.96. The Labute approximate surface area is 151 Å². The molecule has 3 aromatic rings. The van der Waals surface area contributed by atoms with Gasteiger partial charge < -0.3 is 24.1 Å². The monoisotopic (exact) mass is 352 g/mol. The molecule has 3 rings (SSSR count). The molecule has 6 heteroatoms. The lowest BCUT2D eigenvalue weighted by molar-refractivity contribution is 0.102. The van der Waals surface area contributed by atoms with Crippen molar-refractivity contribution < 1.29 is 19.0 Å². The zero-order valence-corrected chi connectivity index (χ0v) is 14.9. The van der Waals surface area contributed by atoms with Crippen LogP contribution in [0, 0.1) is 0 Å². The van der Waals surface area contributed by atoms with E-state index in [1.54, 1.807) is 12.1 Å². The van der Waals surface area contributed by atoms with Crippen LogP contribution in [-0.2, 0) is 0 Å². The minimum Gasteiger partial charge on any atom is -0.493 e. The molecule has 2 aromatic carbocycles. The topological polar surface area (TPSA) is 61.7 Å². The van der Waals surface area contributed by atoms with Crippen LogP contribution < -0.4 is 19.5 Å². The van der Waals surface area contributed by atoms with Crippen molar-refractivity contribution >= 4 is 11.6 Å². The van der Waals surface area contributed by atoms with E-state index in [0.29, 0.717) is 28.5 Å². The van der Waals surface area contributed by atoms with E-state index in [1.807, 2.05) is 53.4 Å². The summed E-state index contributed by atoms with van der Waals surface area (Å²) >= 11 is 0. The van der Waals surface area contributed by atoms with Crippen LogP contribution >= 0.6 is 0 Å². The van der Waals surface area contributed by atoms with E-state index in [9.17, 15) is 4.79 Å². The number of ether oxygens (including phenoxy) is 3. The Balaban J connectivity index is 1.95. The molecule has 0 unspecified atom stereocenters. The molecule has 134 valence electrons. The number of carbonyl (C=O) groups is 1. The first kappa shape index (κ1) is 17.4. The van der Waals surface area contributed by atoms with Gasteiger partial charge in [0, 0.05) is 18.0 Å². The molecule has 6 nitrogen and oxygen atoms in total. The molecule has 0 aliphatic carbocycles. The number of benzene rings is 2. The van der Waals surface area contributed by atoms with E-state index < -0.39 is 0 Å². The maximum atomic E-state index is 12.8. The SMILES string of the molecule is COc1cc(C(=O)Nc2ccccc2-n2cccc2)cc(OC)c1OC. The zero-order chi connectivity index (χ0) is 18.5. The molecule has 0 fully saturated rings. The van der Waals surface area contributed by atoms with Crippen LogP contribution in [0.3, 0.4) is 0 Å². The van der Waals surface area contributed by atoms with Gasteiger partial charge >= 0.3 is 0 Å². The Morgan fingerprint density at radius 2 is 1.50 bits per heavy atom. The summed E-state index contributed by atoms with van der Waals surface area (Å²) in [6.07, 6.45) is 3.84. The van der Waals surface area contributed by atoms with Crippen LogP contribution in [-0.4, -0.2) is 31.8 Å². The molecule has 0 aliphatic heterocycles. The highest BCUT2D eigenvalue weighted by atomic mass is 16.5. The third kappa shape index (κ3) is 3.35. The second-order valence-electron chi connectivity index (χ2n) is 5.48. The minimum absolute atomic E-state index is 0.274. The number of aromatic nitrogens is 1. The summed E-state index contributed by atoms with van der Waals surface area (Å²) in [6.45, 7) is 0. The normalized spacial score (nSPS) is 10.3. The first-order valence-corrected chi connectivity index (χ1v) is 8.01. The van der Waals surface area contributed by atoms with E-state index in [4.69, 9.17) is 14.2 Å². The molecular weight excluding hydrogens is 332 g/mol. The average molecular weight is 352 g/mol. The van der Waals surface area contributed by atoms with Crippen LogP contribution in [0.25, 0.3) is 5.69 Å². The number of hydrogen-bond acceptors (Lipinski definition) is 4. The van der Waals surface area contributed by atoms with Crippen molar-refractivity contribution in [1.82, 2.24) is 4.57 Å². The van der Waals surface area contributed by atoms with Crippen molar-refractivity contribution in [2.75, 3.05) is 26.6 Å². The lowest BCUT2D eigenvalue weighted by Gasteiger charge is -2.15. The van der Waals surface area contributed by atoms with Crippen LogP contribution in [0.5, 0.6) is 17.2 Å². The van der Waals surface area contributed by atoms with Crippen molar-refractivity contribution in [3.8, 4) is 22.9 Å². The van der Waals surface area contributed by atoms with Gasteiger partial charge in [-0.25, -0.2) is 0 Å². The maximum Gasteiger partial charge on any atom is 0.255 e. The van der Waals surface area contributed by atoms with Gasteiger partial charge in [-0.2, -0.15) is 0 Å². The fourth-order valence-corrected chi connectivity index (χ4v) is 2.71. The van der Waals surface area contributed by atoms with Crippen molar-refractivity contribution in [1.29, 1.82) is 0 Å². The molecule has 1 amide bonds. The first-order chi connectivity index (χ1) is 12.7. The smallest absolute Gasteiger partial charge is 0.255 e. The lowest BCUT2D eigenvalue weighted by atomic mass is 10.1. The van der Waals surface area contributed by atoms with Crippen molar-refractivity contribution in [2.24, 2.45) is 0 Å². The van der Waals surface area contributed by atoms with E-state index in [2.05, 4.69) is 5.32 Å². The van der Waals surface area contributed by atoms with Gasteiger partial charge in [-0.3, -0.25) is 4.79 Å². The van der Waals surface area contributed by atoms with Gasteiger partial charge in [-0.05, 0) is 36.4 Å². The third-order valence-corrected chi connectivity index (χ3v) is 3.96. The fraction of sp³-hybridized carbons (Fsp3) is 0.150. The van der Waals surface area contributed by atoms with Gasteiger partial charge in [-0.15, -0.1) is 0 Å². The number of amides is 1. The summed E-state index contributed by atoms with van der Waals surface area (Å²) in [4.78, 5) is 12.8. The van der Waals surface area contributed by atoms with Crippen LogP contribution in [0.15, 0.2) is 60.9 Å². The summed E-state index contributed by atoms with van der Waals surface area (Å²) < 4.78 is 17.9. The number of rotatable bonds is 6. The highest BCUT2D eigenvalue weighted by Gasteiger charge is 2.18. The number of para-hydroxylation sites is 2. The lowest BCUT2D eigenvalue weighted by Crippen LogP contribution is -2.14. The average Bonchev–Trinajstić information content (AvgIpc) is 3.21. The number of nitrogens with one attached hydrogen (secondary N) is 1. The molecule has 1 N–H and O–H groups in total. The van der Waals surface area contributed by atoms with E-state index in [-0.39, 0.29) is 5.91 Å². The molecule has 0 spiro atoms. The quantitative estimate of drug-likeness (QED) is 0.734. The molecule has 0 saturated heterocycles. The van der Waals surface area contributed by atoms with Crippen LogP contribution in [0.2, 0.25) is 0 Å². The van der Waals surface area contributed by atoms with Crippen LogP contribution in [0.4, 0.5) is 5.69 Å². The Morgan fingerprint density at radius 3 is 2.08 bits per heavy atom. The number of carbonyl (C=O) groups excluding carboxylic acids is 1. The number of methoxy groups -OCH3 is 3. The molecule has 0 aliphatic rings. The largest absolute Gasteiger partial charge is 0.493 e. The molecule has 0 saturated carbocycles. The molecule has 1 aromatic heterocycles. The molecule has 26 heavy (non-hydrogen) atoms. The number of anilines is 1. The predicted octanol–water partition coefficient (Wildman–Crippen LogP) is 3.76. The van der Waals surface area contributed by atoms with Gasteiger partial charge in [0.2, 0.25) is 5.75 Å². The molecule has 1 heterocycles. The van der Waals surface area contributed by atoms with Crippen LogP contribution in [0.1, 0.15) is 10.4 Å². The minimum atomic E-state index is -0.274. The summed E-state index contributed by atoms with van der Waals surface area (Å²) in [6, 6.07) is 14.7. The fourth-order valence-electron chi connectivity index (χ4n) is 2.71. The highest BCUT2D eigenvalue weighted by Crippen LogP contribution is 2.38. The molecule has 0 atom stereocenters. The van der Waals surface area contributed by atoms with E-state index in [0.717, 1.165) is 5.69 Å². The Kier molecular flexibility index (Phi) is 5.12. The second kappa shape index (κ2) is 7.65. The van der Waals surface area contributed by atoms with Crippen molar-refractivity contribution in [2.45, 2.75) is 0 Å². The summed E-state index contributed by atoms with van der Waals surface area (Å²) in [5.74, 6) is 1.02. The van der Waals surface area contributed by atoms with Gasteiger partial charge in [0.05, 0.1) is 32.7 Å². The van der Waals surface area contributed by atoms with Gasteiger partial charge in [0.15, 0.2) is 11.5 Å². The maximum absolute atomic E-state index is 12.8. The number of nitrogens with zero attached hydrogens (tertiary/aromatic N) is 1. The second-order valence-corrected chi connectivity index (χ2v) is 5.48. The van der Waals surface area contributed by atoms with Gasteiger partial charge in [0.25, 0.3) is 5.91 Å². The van der Waals surface area contributed by atoms with E-state index in [1.165, 1.54) is 21.3 Å². The Morgan fingerprint density at radius 1 is 0.885 bits per heavy atom. The summed E-state index contributed by atoms with van der Waals surface area (Å²) in [7, 11) is 4.55. The van der Waals surface area contributed by atoms with Crippen molar-refractivity contribution in [3.05, 3.63) is 66.5 Å². The Hall–Kier alpha value is -3.41. The predicted molar refractivity (Wildman–Crippen MR) is 99.8 cm³/mol. The summed E-state index contributed by atoms with van der Waals surface area (Å²) in [5.41, 5.74) is 1.97. The molecular formula is C20H20N2O4. The number of hydrogen-bond donors (Lipinski definition) is 1. The Bertz CT molecular complexity index is 879. The van der Waals surface area contributed by atoms with E-state index >= 15 is 0 Å². The summed E-state index contributed by atoms with van der Waals surface area (Å²) in [5, 5.41) is 2.94. The first-order valence-electron chi connectivity index (χ1n) is 8.01. The zero-order valence-electron chi connectivity index (χ0n) is 14.9.